The molecular formula is C29H30O3. The molecule has 0 amide bonds. The quantitative estimate of drug-likeness (QED) is 0.351. The summed E-state index contributed by atoms with van der Waals surface area (Å²) in [7, 11) is 0. The SMILES string of the molecule is Cc1ccc(Oc2ccc(O)cc2)c(C(C)(C)C)c1.Oc1ccc(-c2ccccc2)cc1. The fraction of sp³-hybridized carbons (Fsp3) is 0.172. The zero-order valence-corrected chi connectivity index (χ0v) is 19.0. The molecule has 0 radical (unpaired) electrons. The number of phenols is 2. The first-order valence-electron chi connectivity index (χ1n) is 10.6. The van der Waals surface area contributed by atoms with Gasteiger partial charge in [0.05, 0.1) is 0 Å². The van der Waals surface area contributed by atoms with Gasteiger partial charge in [-0.1, -0.05) is 80.9 Å². The summed E-state index contributed by atoms with van der Waals surface area (Å²) in [4.78, 5) is 0. The van der Waals surface area contributed by atoms with Gasteiger partial charge >= 0.3 is 0 Å². The third-order valence-electron chi connectivity index (χ3n) is 4.98. The Kier molecular flexibility index (Phi) is 7.21. The highest BCUT2D eigenvalue weighted by atomic mass is 16.5. The molecule has 0 atom stereocenters. The Morgan fingerprint density at radius 3 is 1.72 bits per heavy atom. The first-order chi connectivity index (χ1) is 15.2. The summed E-state index contributed by atoms with van der Waals surface area (Å²) in [5.41, 5.74) is 4.72. The molecule has 4 rings (SSSR count). The lowest BCUT2D eigenvalue weighted by atomic mass is 9.85. The average Bonchev–Trinajstić information content (AvgIpc) is 2.77. The van der Waals surface area contributed by atoms with Crippen molar-refractivity contribution in [3.63, 3.8) is 0 Å². The highest BCUT2D eigenvalue weighted by molar-refractivity contribution is 5.63. The lowest BCUT2D eigenvalue weighted by Crippen LogP contribution is -2.12. The molecule has 0 spiro atoms. The number of ether oxygens (including phenoxy) is 1. The van der Waals surface area contributed by atoms with Crippen LogP contribution in [0.2, 0.25) is 0 Å². The zero-order chi connectivity index (χ0) is 23.1. The van der Waals surface area contributed by atoms with Crippen LogP contribution in [0.15, 0.2) is 97.1 Å². The van der Waals surface area contributed by atoms with Crippen LogP contribution in [-0.4, -0.2) is 10.2 Å². The smallest absolute Gasteiger partial charge is 0.131 e. The van der Waals surface area contributed by atoms with E-state index in [1.807, 2.05) is 54.6 Å². The summed E-state index contributed by atoms with van der Waals surface area (Å²) >= 11 is 0. The fourth-order valence-electron chi connectivity index (χ4n) is 3.24. The summed E-state index contributed by atoms with van der Waals surface area (Å²) in [5.74, 6) is 2.14. The molecule has 3 nitrogen and oxygen atoms in total. The van der Waals surface area contributed by atoms with Crippen molar-refractivity contribution in [2.45, 2.75) is 33.1 Å². The van der Waals surface area contributed by atoms with Gasteiger partial charge in [-0.2, -0.15) is 0 Å². The van der Waals surface area contributed by atoms with Gasteiger partial charge in [0, 0.05) is 5.56 Å². The Labute approximate surface area is 190 Å². The number of hydrogen-bond donors (Lipinski definition) is 2. The molecule has 0 aromatic heterocycles. The van der Waals surface area contributed by atoms with E-state index in [9.17, 15) is 5.11 Å². The van der Waals surface area contributed by atoms with Crippen LogP contribution in [0.1, 0.15) is 31.9 Å². The number of aryl methyl sites for hydroxylation is 1. The molecule has 0 bridgehead atoms. The molecule has 4 aromatic rings. The van der Waals surface area contributed by atoms with Crippen molar-refractivity contribution >= 4 is 0 Å². The molecule has 0 saturated carbocycles. The largest absolute Gasteiger partial charge is 0.508 e. The molecule has 32 heavy (non-hydrogen) atoms. The van der Waals surface area contributed by atoms with E-state index in [4.69, 9.17) is 9.84 Å². The van der Waals surface area contributed by atoms with E-state index in [1.54, 1.807) is 36.4 Å². The van der Waals surface area contributed by atoms with Gasteiger partial charge in [0.15, 0.2) is 0 Å². The van der Waals surface area contributed by atoms with Crippen molar-refractivity contribution in [1.82, 2.24) is 0 Å². The topological polar surface area (TPSA) is 49.7 Å². The molecule has 0 unspecified atom stereocenters. The van der Waals surface area contributed by atoms with E-state index in [2.05, 4.69) is 33.8 Å². The molecule has 0 heterocycles. The number of phenolic OH excluding ortho intramolecular Hbond substituents is 2. The van der Waals surface area contributed by atoms with E-state index >= 15 is 0 Å². The van der Waals surface area contributed by atoms with Crippen LogP contribution in [0.4, 0.5) is 0 Å². The molecule has 0 aliphatic heterocycles. The Morgan fingerprint density at radius 1 is 0.625 bits per heavy atom. The summed E-state index contributed by atoms with van der Waals surface area (Å²) in [6, 6.07) is 30.3. The molecule has 0 aliphatic carbocycles. The standard InChI is InChI=1S/C17H20O2.C12H10O/c1-12-5-10-16(15(11-12)17(2,3)4)19-14-8-6-13(18)7-9-14;13-12-8-6-11(7-9-12)10-4-2-1-3-5-10/h5-11,18H,1-4H3;1-9,13H. The first kappa shape index (κ1) is 23.0. The van der Waals surface area contributed by atoms with E-state index < -0.39 is 0 Å². The molecule has 0 saturated heterocycles. The second-order valence-electron chi connectivity index (χ2n) is 8.76. The zero-order valence-electron chi connectivity index (χ0n) is 19.0. The molecule has 4 aromatic carbocycles. The van der Waals surface area contributed by atoms with Crippen LogP contribution < -0.4 is 4.74 Å². The minimum Gasteiger partial charge on any atom is -0.508 e. The lowest BCUT2D eigenvalue weighted by molar-refractivity contribution is 0.449. The molecule has 2 N–H and O–H groups in total. The van der Waals surface area contributed by atoms with E-state index in [-0.39, 0.29) is 11.2 Å². The number of benzene rings is 4. The van der Waals surface area contributed by atoms with Crippen LogP contribution in [0.25, 0.3) is 11.1 Å². The summed E-state index contributed by atoms with van der Waals surface area (Å²) < 4.78 is 5.93. The predicted molar refractivity (Wildman–Crippen MR) is 132 cm³/mol. The van der Waals surface area contributed by atoms with Crippen LogP contribution in [-0.2, 0) is 5.41 Å². The monoisotopic (exact) mass is 426 g/mol. The Hall–Kier alpha value is -3.72. The highest BCUT2D eigenvalue weighted by Crippen LogP contribution is 2.35. The van der Waals surface area contributed by atoms with Crippen LogP contribution >= 0.6 is 0 Å². The maximum absolute atomic E-state index is 9.29. The molecule has 0 aliphatic rings. The van der Waals surface area contributed by atoms with E-state index in [0.29, 0.717) is 5.75 Å². The van der Waals surface area contributed by atoms with Crippen molar-refractivity contribution in [2.24, 2.45) is 0 Å². The van der Waals surface area contributed by atoms with Crippen molar-refractivity contribution in [1.29, 1.82) is 0 Å². The van der Waals surface area contributed by atoms with Crippen molar-refractivity contribution in [3.8, 4) is 34.1 Å². The van der Waals surface area contributed by atoms with Gasteiger partial charge < -0.3 is 14.9 Å². The number of hydrogen-bond acceptors (Lipinski definition) is 3. The fourth-order valence-corrected chi connectivity index (χ4v) is 3.24. The van der Waals surface area contributed by atoms with Gasteiger partial charge in [-0.3, -0.25) is 0 Å². The summed E-state index contributed by atoms with van der Waals surface area (Å²) in [5, 5.41) is 18.4. The third-order valence-corrected chi connectivity index (χ3v) is 4.98. The van der Waals surface area contributed by atoms with Gasteiger partial charge in [0.2, 0.25) is 0 Å². The van der Waals surface area contributed by atoms with Crippen LogP contribution in [0.3, 0.4) is 0 Å². The van der Waals surface area contributed by atoms with Crippen LogP contribution in [0.5, 0.6) is 23.0 Å². The second-order valence-corrected chi connectivity index (χ2v) is 8.76. The van der Waals surface area contributed by atoms with Crippen molar-refractivity contribution in [2.75, 3.05) is 0 Å². The lowest BCUT2D eigenvalue weighted by Gasteiger charge is -2.23. The maximum atomic E-state index is 9.29. The van der Waals surface area contributed by atoms with Gasteiger partial charge in [-0.05, 0) is 65.9 Å². The molecule has 164 valence electrons. The Balaban J connectivity index is 0.000000193. The van der Waals surface area contributed by atoms with Crippen molar-refractivity contribution in [3.05, 3.63) is 108 Å². The summed E-state index contributed by atoms with van der Waals surface area (Å²) in [6.07, 6.45) is 0. The first-order valence-corrected chi connectivity index (χ1v) is 10.6. The van der Waals surface area contributed by atoms with Gasteiger partial charge in [0.25, 0.3) is 0 Å². The predicted octanol–water partition coefficient (Wildman–Crippen LogP) is 7.85. The van der Waals surface area contributed by atoms with E-state index in [0.717, 1.165) is 17.1 Å². The van der Waals surface area contributed by atoms with Crippen LogP contribution in [0, 0.1) is 6.92 Å². The van der Waals surface area contributed by atoms with Gasteiger partial charge in [0.1, 0.15) is 23.0 Å². The molecule has 0 fully saturated rings. The minimum absolute atomic E-state index is 0.0261. The number of aromatic hydroxyl groups is 2. The minimum atomic E-state index is 0.0261. The summed E-state index contributed by atoms with van der Waals surface area (Å²) in [6.45, 7) is 8.60. The maximum Gasteiger partial charge on any atom is 0.131 e. The average molecular weight is 427 g/mol. The van der Waals surface area contributed by atoms with Crippen molar-refractivity contribution < 1.29 is 14.9 Å². The Bertz CT molecular complexity index is 1120. The molecular weight excluding hydrogens is 396 g/mol. The van der Waals surface area contributed by atoms with Gasteiger partial charge in [-0.15, -0.1) is 0 Å². The highest BCUT2D eigenvalue weighted by Gasteiger charge is 2.19. The molecule has 3 heteroatoms. The van der Waals surface area contributed by atoms with Gasteiger partial charge in [-0.25, -0.2) is 0 Å². The second kappa shape index (κ2) is 10.1. The number of rotatable bonds is 3. The van der Waals surface area contributed by atoms with E-state index in [1.165, 1.54) is 16.7 Å². The Morgan fingerprint density at radius 2 is 1.16 bits per heavy atom. The third kappa shape index (κ3) is 6.39. The normalized spacial score (nSPS) is 10.8.